The van der Waals surface area contributed by atoms with Crippen LogP contribution in [0.1, 0.15) is 12.7 Å². The van der Waals surface area contributed by atoms with Crippen molar-refractivity contribution in [2.45, 2.75) is 13.3 Å². The van der Waals surface area contributed by atoms with Gasteiger partial charge < -0.3 is 4.98 Å². The Balaban J connectivity index is 2.76. The molecule has 13 heavy (non-hydrogen) atoms. The monoisotopic (exact) mass is 242 g/mol. The molecular formula is C9H8BrFN2. The second kappa shape index (κ2) is 3.10. The Labute approximate surface area is 83.3 Å². The Morgan fingerprint density at radius 2 is 2.31 bits per heavy atom. The second-order valence-corrected chi connectivity index (χ2v) is 3.59. The number of hydrogen-bond acceptors (Lipinski definition) is 1. The molecule has 0 amide bonds. The molecule has 0 bridgehead atoms. The van der Waals surface area contributed by atoms with Gasteiger partial charge in [-0.1, -0.05) is 6.92 Å². The number of halogens is 2. The molecule has 0 spiro atoms. The summed E-state index contributed by atoms with van der Waals surface area (Å²) in [7, 11) is 0. The molecule has 0 aliphatic heterocycles. The Bertz CT molecular complexity index is 450. The third-order valence-electron chi connectivity index (χ3n) is 1.93. The van der Waals surface area contributed by atoms with Crippen LogP contribution in [0.2, 0.25) is 0 Å². The molecule has 4 heteroatoms. The number of fused-ring (bicyclic) bond motifs is 1. The number of nitrogens with one attached hydrogen (secondary N) is 1. The number of aromatic amines is 1. The maximum absolute atomic E-state index is 13.1. The Morgan fingerprint density at radius 1 is 1.54 bits per heavy atom. The number of benzene rings is 1. The van der Waals surface area contributed by atoms with Gasteiger partial charge in [0.25, 0.3) is 0 Å². The van der Waals surface area contributed by atoms with Gasteiger partial charge in [-0.05, 0) is 28.1 Å². The fraction of sp³-hybridized carbons (Fsp3) is 0.222. The lowest BCUT2D eigenvalue weighted by Gasteiger charge is -1.92. The number of nitrogens with zero attached hydrogens (tertiary/aromatic N) is 1. The van der Waals surface area contributed by atoms with Crippen LogP contribution >= 0.6 is 15.9 Å². The average Bonchev–Trinajstić information content (AvgIpc) is 2.55. The standard InChI is InChI=1S/C9H8BrFN2/c1-2-7-12-6-4-3-5(11)8(10)9(6)13-7/h3-4H,2H2,1H3,(H,12,13). The van der Waals surface area contributed by atoms with Crippen molar-refractivity contribution >= 4 is 27.0 Å². The summed E-state index contributed by atoms with van der Waals surface area (Å²) in [4.78, 5) is 7.35. The highest BCUT2D eigenvalue weighted by atomic mass is 79.9. The smallest absolute Gasteiger partial charge is 0.139 e. The highest BCUT2D eigenvalue weighted by Crippen LogP contribution is 2.24. The van der Waals surface area contributed by atoms with E-state index >= 15 is 0 Å². The van der Waals surface area contributed by atoms with Gasteiger partial charge in [-0.15, -0.1) is 0 Å². The number of hydrogen-bond donors (Lipinski definition) is 1. The molecule has 1 heterocycles. The zero-order chi connectivity index (χ0) is 9.42. The van der Waals surface area contributed by atoms with Gasteiger partial charge in [-0.2, -0.15) is 0 Å². The topological polar surface area (TPSA) is 28.7 Å². The molecule has 2 nitrogen and oxygen atoms in total. The van der Waals surface area contributed by atoms with Crippen LogP contribution in [0.5, 0.6) is 0 Å². The maximum atomic E-state index is 13.1. The van der Waals surface area contributed by atoms with Crippen molar-refractivity contribution in [1.82, 2.24) is 9.97 Å². The van der Waals surface area contributed by atoms with Crippen LogP contribution in [-0.2, 0) is 6.42 Å². The number of H-pyrrole nitrogens is 1. The van der Waals surface area contributed by atoms with Crippen molar-refractivity contribution in [3.05, 3.63) is 28.2 Å². The van der Waals surface area contributed by atoms with Crippen LogP contribution < -0.4 is 0 Å². The van der Waals surface area contributed by atoms with Crippen LogP contribution in [-0.4, -0.2) is 9.97 Å². The van der Waals surface area contributed by atoms with Gasteiger partial charge in [0.1, 0.15) is 17.2 Å². The molecule has 68 valence electrons. The zero-order valence-electron chi connectivity index (χ0n) is 7.06. The summed E-state index contributed by atoms with van der Waals surface area (Å²) < 4.78 is 13.5. The van der Waals surface area contributed by atoms with Crippen LogP contribution in [0.4, 0.5) is 4.39 Å². The quantitative estimate of drug-likeness (QED) is 0.819. The van der Waals surface area contributed by atoms with Gasteiger partial charge in [-0.25, -0.2) is 9.37 Å². The van der Waals surface area contributed by atoms with Crippen molar-refractivity contribution in [2.24, 2.45) is 0 Å². The first-order chi connectivity index (χ1) is 6.22. The van der Waals surface area contributed by atoms with E-state index in [-0.39, 0.29) is 5.82 Å². The zero-order valence-corrected chi connectivity index (χ0v) is 8.65. The van der Waals surface area contributed by atoms with Crippen LogP contribution in [0.15, 0.2) is 16.6 Å². The minimum absolute atomic E-state index is 0.276. The van der Waals surface area contributed by atoms with Gasteiger partial charge in [0, 0.05) is 6.42 Å². The van der Waals surface area contributed by atoms with Gasteiger partial charge in [0.05, 0.1) is 9.99 Å². The largest absolute Gasteiger partial charge is 0.342 e. The fourth-order valence-corrected chi connectivity index (χ4v) is 1.67. The molecule has 0 saturated heterocycles. The SMILES string of the molecule is CCc1nc2c(Br)c(F)ccc2[nH]1. The van der Waals surface area contributed by atoms with Crippen molar-refractivity contribution in [3.8, 4) is 0 Å². The minimum atomic E-state index is -0.276. The second-order valence-electron chi connectivity index (χ2n) is 2.79. The average molecular weight is 243 g/mol. The van der Waals surface area contributed by atoms with Gasteiger partial charge in [0.2, 0.25) is 0 Å². The number of aromatic nitrogens is 2. The lowest BCUT2D eigenvalue weighted by Crippen LogP contribution is -1.80. The molecule has 2 rings (SSSR count). The van der Waals surface area contributed by atoms with E-state index in [9.17, 15) is 4.39 Å². The third kappa shape index (κ3) is 1.35. The summed E-state index contributed by atoms with van der Waals surface area (Å²) in [5, 5.41) is 0. The first-order valence-corrected chi connectivity index (χ1v) is 4.84. The molecular weight excluding hydrogens is 235 g/mol. The first-order valence-electron chi connectivity index (χ1n) is 4.05. The third-order valence-corrected chi connectivity index (χ3v) is 2.68. The van der Waals surface area contributed by atoms with E-state index in [1.807, 2.05) is 6.92 Å². The van der Waals surface area contributed by atoms with E-state index in [1.54, 1.807) is 6.07 Å². The summed E-state index contributed by atoms with van der Waals surface area (Å²) in [6.07, 6.45) is 0.822. The maximum Gasteiger partial charge on any atom is 0.139 e. The molecule has 0 saturated carbocycles. The van der Waals surface area contributed by atoms with E-state index in [0.29, 0.717) is 9.99 Å². The molecule has 0 atom stereocenters. The molecule has 1 aromatic heterocycles. The fourth-order valence-electron chi connectivity index (χ4n) is 1.24. The molecule has 1 N–H and O–H groups in total. The van der Waals surface area contributed by atoms with Gasteiger partial charge in [-0.3, -0.25) is 0 Å². The Kier molecular flexibility index (Phi) is 2.07. The molecule has 0 radical (unpaired) electrons. The van der Waals surface area contributed by atoms with E-state index in [0.717, 1.165) is 17.8 Å². The Hall–Kier alpha value is -0.900. The number of aryl methyl sites for hydroxylation is 1. The van der Waals surface area contributed by atoms with Crippen LogP contribution in [0, 0.1) is 5.82 Å². The highest BCUT2D eigenvalue weighted by Gasteiger charge is 2.08. The van der Waals surface area contributed by atoms with Crippen LogP contribution in [0.3, 0.4) is 0 Å². The van der Waals surface area contributed by atoms with Gasteiger partial charge in [0.15, 0.2) is 0 Å². The summed E-state index contributed by atoms with van der Waals surface area (Å²) >= 11 is 3.17. The van der Waals surface area contributed by atoms with Crippen LogP contribution in [0.25, 0.3) is 11.0 Å². The lowest BCUT2D eigenvalue weighted by atomic mass is 10.3. The molecule has 0 aliphatic carbocycles. The molecule has 0 fully saturated rings. The van der Waals surface area contributed by atoms with Gasteiger partial charge >= 0.3 is 0 Å². The van der Waals surface area contributed by atoms with E-state index in [1.165, 1.54) is 6.07 Å². The number of imidazole rings is 1. The summed E-state index contributed by atoms with van der Waals surface area (Å²) in [5.41, 5.74) is 1.53. The first kappa shape index (κ1) is 8.69. The molecule has 1 aromatic carbocycles. The van der Waals surface area contributed by atoms with E-state index < -0.39 is 0 Å². The summed E-state index contributed by atoms with van der Waals surface area (Å²) in [5.74, 6) is 0.600. The Morgan fingerprint density at radius 3 is 3.00 bits per heavy atom. The van der Waals surface area contributed by atoms with Crippen molar-refractivity contribution in [3.63, 3.8) is 0 Å². The van der Waals surface area contributed by atoms with Crippen molar-refractivity contribution in [1.29, 1.82) is 0 Å². The van der Waals surface area contributed by atoms with Crippen molar-refractivity contribution < 1.29 is 4.39 Å². The van der Waals surface area contributed by atoms with Crippen molar-refractivity contribution in [2.75, 3.05) is 0 Å². The molecule has 2 aromatic rings. The molecule has 0 unspecified atom stereocenters. The lowest BCUT2D eigenvalue weighted by molar-refractivity contribution is 0.623. The minimum Gasteiger partial charge on any atom is -0.342 e. The van der Waals surface area contributed by atoms with E-state index in [4.69, 9.17) is 0 Å². The predicted octanol–water partition coefficient (Wildman–Crippen LogP) is 3.03. The van der Waals surface area contributed by atoms with E-state index in [2.05, 4.69) is 25.9 Å². The summed E-state index contributed by atoms with van der Waals surface area (Å²) in [6.45, 7) is 2.00. The predicted molar refractivity (Wildman–Crippen MR) is 53.1 cm³/mol. The normalized spacial score (nSPS) is 11.0. The summed E-state index contributed by atoms with van der Waals surface area (Å²) in [6, 6.07) is 3.12. The number of rotatable bonds is 1. The molecule has 0 aliphatic rings. The highest BCUT2D eigenvalue weighted by molar-refractivity contribution is 9.10.